The molecule has 1 rings (SSSR count). The number of rotatable bonds is 3. The minimum atomic E-state index is 0.175. The van der Waals surface area contributed by atoms with Crippen LogP contribution in [0, 0.1) is 13.8 Å². The number of hydrogen-bond donors (Lipinski definition) is 1. The molecule has 0 fully saturated rings. The molecule has 1 aromatic carbocycles. The molecule has 0 radical (unpaired) electrons. The van der Waals surface area contributed by atoms with E-state index in [0.29, 0.717) is 0 Å². The molecule has 1 aromatic rings. The maximum atomic E-state index is 6.00. The zero-order valence-electron chi connectivity index (χ0n) is 8.50. The van der Waals surface area contributed by atoms with Crippen molar-refractivity contribution in [2.24, 2.45) is 5.73 Å². The fraction of sp³-hybridized carbons (Fsp3) is 0.455. The summed E-state index contributed by atoms with van der Waals surface area (Å²) in [5.74, 6) is 0.989. The molecule has 0 saturated heterocycles. The van der Waals surface area contributed by atoms with E-state index in [1.54, 1.807) is 11.8 Å². The zero-order chi connectivity index (χ0) is 9.84. The summed E-state index contributed by atoms with van der Waals surface area (Å²) in [6.07, 6.45) is 2.08. The monoisotopic (exact) mass is 195 g/mol. The summed E-state index contributed by atoms with van der Waals surface area (Å²) in [5.41, 5.74) is 9.91. The van der Waals surface area contributed by atoms with Crippen LogP contribution in [-0.4, -0.2) is 12.0 Å². The molecule has 0 aromatic heterocycles. The van der Waals surface area contributed by atoms with Gasteiger partial charge in [0.1, 0.15) is 0 Å². The van der Waals surface area contributed by atoms with E-state index in [2.05, 4.69) is 38.3 Å². The fourth-order valence-corrected chi connectivity index (χ4v) is 1.82. The van der Waals surface area contributed by atoms with Crippen LogP contribution in [0.2, 0.25) is 0 Å². The van der Waals surface area contributed by atoms with Crippen LogP contribution in [-0.2, 0) is 0 Å². The summed E-state index contributed by atoms with van der Waals surface area (Å²) < 4.78 is 0. The highest BCUT2D eigenvalue weighted by Crippen LogP contribution is 2.17. The van der Waals surface area contributed by atoms with Gasteiger partial charge < -0.3 is 5.73 Å². The van der Waals surface area contributed by atoms with E-state index < -0.39 is 0 Å². The van der Waals surface area contributed by atoms with Crippen LogP contribution in [0.3, 0.4) is 0 Å². The van der Waals surface area contributed by atoms with E-state index in [1.165, 1.54) is 16.7 Å². The molecule has 0 saturated carbocycles. The molecule has 2 heteroatoms. The van der Waals surface area contributed by atoms with Crippen molar-refractivity contribution < 1.29 is 0 Å². The van der Waals surface area contributed by atoms with E-state index in [-0.39, 0.29) is 6.04 Å². The Morgan fingerprint density at radius 3 is 2.54 bits per heavy atom. The van der Waals surface area contributed by atoms with Gasteiger partial charge >= 0.3 is 0 Å². The quantitative estimate of drug-likeness (QED) is 0.802. The molecule has 0 aliphatic rings. The van der Waals surface area contributed by atoms with Gasteiger partial charge in [-0.15, -0.1) is 0 Å². The van der Waals surface area contributed by atoms with Gasteiger partial charge in [0, 0.05) is 11.8 Å². The first-order valence-electron chi connectivity index (χ1n) is 4.47. The lowest BCUT2D eigenvalue weighted by atomic mass is 10.0. The average molecular weight is 195 g/mol. The topological polar surface area (TPSA) is 26.0 Å². The minimum absolute atomic E-state index is 0.175. The number of hydrogen-bond acceptors (Lipinski definition) is 2. The Hall–Kier alpha value is -0.470. The number of nitrogens with two attached hydrogens (primary N) is 1. The standard InChI is InChI=1S/C11H17NS/c1-8-4-5-10(6-9(8)2)11(12)7-13-3/h4-6,11H,7,12H2,1-3H3. The molecule has 0 spiro atoms. The fourth-order valence-electron chi connectivity index (χ4n) is 1.27. The van der Waals surface area contributed by atoms with Gasteiger partial charge in [-0.25, -0.2) is 0 Å². The summed E-state index contributed by atoms with van der Waals surface area (Å²) in [6, 6.07) is 6.64. The van der Waals surface area contributed by atoms with E-state index in [1.807, 2.05) is 0 Å². The molecule has 1 unspecified atom stereocenters. The van der Waals surface area contributed by atoms with Crippen molar-refractivity contribution in [2.75, 3.05) is 12.0 Å². The lowest BCUT2D eigenvalue weighted by Gasteiger charge is -2.11. The van der Waals surface area contributed by atoms with Gasteiger partial charge in [-0.3, -0.25) is 0 Å². The Labute approximate surface area is 84.7 Å². The van der Waals surface area contributed by atoms with Gasteiger partial charge in [-0.05, 0) is 36.8 Å². The van der Waals surface area contributed by atoms with Crippen LogP contribution < -0.4 is 5.73 Å². The first-order valence-corrected chi connectivity index (χ1v) is 5.86. The van der Waals surface area contributed by atoms with Crippen LogP contribution in [0.4, 0.5) is 0 Å². The van der Waals surface area contributed by atoms with Gasteiger partial charge in [0.2, 0.25) is 0 Å². The summed E-state index contributed by atoms with van der Waals surface area (Å²) >= 11 is 1.79. The molecular formula is C11H17NS. The van der Waals surface area contributed by atoms with Gasteiger partial charge in [-0.2, -0.15) is 11.8 Å². The Morgan fingerprint density at radius 1 is 1.31 bits per heavy atom. The molecule has 1 atom stereocenters. The summed E-state index contributed by atoms with van der Waals surface area (Å²) in [7, 11) is 0. The summed E-state index contributed by atoms with van der Waals surface area (Å²) in [4.78, 5) is 0. The van der Waals surface area contributed by atoms with E-state index in [4.69, 9.17) is 5.73 Å². The van der Waals surface area contributed by atoms with Crippen molar-refractivity contribution in [3.05, 3.63) is 34.9 Å². The summed E-state index contributed by atoms with van der Waals surface area (Å²) in [6.45, 7) is 4.25. The van der Waals surface area contributed by atoms with Gasteiger partial charge in [-0.1, -0.05) is 18.2 Å². The minimum Gasteiger partial charge on any atom is -0.323 e. The highest BCUT2D eigenvalue weighted by atomic mass is 32.2. The lowest BCUT2D eigenvalue weighted by molar-refractivity contribution is 0.830. The lowest BCUT2D eigenvalue weighted by Crippen LogP contribution is -2.12. The number of aryl methyl sites for hydroxylation is 2. The highest BCUT2D eigenvalue weighted by molar-refractivity contribution is 7.98. The van der Waals surface area contributed by atoms with Crippen molar-refractivity contribution >= 4 is 11.8 Å². The van der Waals surface area contributed by atoms with Crippen LogP contribution >= 0.6 is 11.8 Å². The molecule has 1 nitrogen and oxygen atoms in total. The van der Waals surface area contributed by atoms with Crippen LogP contribution in [0.1, 0.15) is 22.7 Å². The van der Waals surface area contributed by atoms with E-state index in [9.17, 15) is 0 Å². The third-order valence-corrected chi connectivity index (χ3v) is 3.00. The maximum absolute atomic E-state index is 6.00. The van der Waals surface area contributed by atoms with Crippen molar-refractivity contribution in [2.45, 2.75) is 19.9 Å². The Morgan fingerprint density at radius 2 is 2.00 bits per heavy atom. The average Bonchev–Trinajstić information content (AvgIpc) is 2.10. The molecule has 0 aliphatic carbocycles. The molecular weight excluding hydrogens is 178 g/mol. The molecule has 0 amide bonds. The third kappa shape index (κ3) is 2.75. The normalized spacial score (nSPS) is 12.9. The Bertz CT molecular complexity index is 283. The Kier molecular flexibility index (Phi) is 3.82. The van der Waals surface area contributed by atoms with Crippen molar-refractivity contribution in [1.82, 2.24) is 0 Å². The smallest absolute Gasteiger partial charge is 0.0386 e. The summed E-state index contributed by atoms with van der Waals surface area (Å²) in [5, 5.41) is 0. The molecule has 13 heavy (non-hydrogen) atoms. The van der Waals surface area contributed by atoms with Gasteiger partial charge in [0.05, 0.1) is 0 Å². The third-order valence-electron chi connectivity index (χ3n) is 2.31. The number of thioether (sulfide) groups is 1. The highest BCUT2D eigenvalue weighted by Gasteiger charge is 2.05. The van der Waals surface area contributed by atoms with E-state index >= 15 is 0 Å². The maximum Gasteiger partial charge on any atom is 0.0386 e. The van der Waals surface area contributed by atoms with Crippen molar-refractivity contribution in [3.63, 3.8) is 0 Å². The first kappa shape index (κ1) is 10.6. The second kappa shape index (κ2) is 4.68. The molecule has 2 N–H and O–H groups in total. The van der Waals surface area contributed by atoms with Gasteiger partial charge in [0.25, 0.3) is 0 Å². The predicted molar refractivity (Wildman–Crippen MR) is 61.2 cm³/mol. The van der Waals surface area contributed by atoms with Crippen molar-refractivity contribution in [3.8, 4) is 0 Å². The Balaban J connectivity index is 2.84. The molecule has 0 aliphatic heterocycles. The van der Waals surface area contributed by atoms with Gasteiger partial charge in [0.15, 0.2) is 0 Å². The van der Waals surface area contributed by atoms with Crippen LogP contribution in [0.15, 0.2) is 18.2 Å². The van der Waals surface area contributed by atoms with Crippen molar-refractivity contribution in [1.29, 1.82) is 0 Å². The second-order valence-electron chi connectivity index (χ2n) is 3.41. The first-order chi connectivity index (χ1) is 6.15. The number of benzene rings is 1. The SMILES string of the molecule is CSCC(N)c1ccc(C)c(C)c1. The predicted octanol–water partition coefficient (Wildman–Crippen LogP) is 2.67. The van der Waals surface area contributed by atoms with E-state index in [0.717, 1.165) is 5.75 Å². The second-order valence-corrected chi connectivity index (χ2v) is 4.32. The zero-order valence-corrected chi connectivity index (χ0v) is 9.32. The van der Waals surface area contributed by atoms with Crippen LogP contribution in [0.25, 0.3) is 0 Å². The molecule has 0 heterocycles. The van der Waals surface area contributed by atoms with Crippen LogP contribution in [0.5, 0.6) is 0 Å². The largest absolute Gasteiger partial charge is 0.323 e. The molecule has 72 valence electrons. The molecule has 0 bridgehead atoms.